The van der Waals surface area contributed by atoms with Crippen molar-refractivity contribution in [2.45, 2.75) is 19.6 Å². The van der Waals surface area contributed by atoms with Gasteiger partial charge in [-0.25, -0.2) is 14.3 Å². The molecule has 0 spiro atoms. The van der Waals surface area contributed by atoms with Crippen LogP contribution in [-0.2, 0) is 11.3 Å². The molecule has 0 aliphatic heterocycles. The van der Waals surface area contributed by atoms with Crippen molar-refractivity contribution in [2.24, 2.45) is 0 Å². The number of ether oxygens (including phenoxy) is 1. The zero-order valence-corrected chi connectivity index (χ0v) is 16.3. The van der Waals surface area contributed by atoms with Gasteiger partial charge in [0.15, 0.2) is 11.9 Å². The summed E-state index contributed by atoms with van der Waals surface area (Å²) in [5, 5.41) is 13.0. The van der Waals surface area contributed by atoms with E-state index in [9.17, 15) is 9.59 Å². The Morgan fingerprint density at radius 1 is 1.13 bits per heavy atom. The van der Waals surface area contributed by atoms with Gasteiger partial charge >= 0.3 is 0 Å². The molecule has 2 aromatic carbocycles. The number of hydrogen-bond donors (Lipinski definition) is 1. The van der Waals surface area contributed by atoms with Crippen LogP contribution in [0.1, 0.15) is 6.92 Å². The number of benzene rings is 2. The number of aromatic nitrogens is 5. The van der Waals surface area contributed by atoms with Gasteiger partial charge in [0.2, 0.25) is 0 Å². The van der Waals surface area contributed by atoms with Crippen molar-refractivity contribution in [2.75, 3.05) is 6.54 Å². The maximum Gasteiger partial charge on any atom is 0.266 e. The second kappa shape index (κ2) is 8.56. The van der Waals surface area contributed by atoms with Gasteiger partial charge in [-0.05, 0) is 24.4 Å². The molecule has 2 heterocycles. The Bertz CT molecular complexity index is 1210. The van der Waals surface area contributed by atoms with Crippen molar-refractivity contribution in [1.29, 1.82) is 0 Å². The maximum atomic E-state index is 12.4. The van der Waals surface area contributed by atoms with Crippen molar-refractivity contribution in [1.82, 2.24) is 29.9 Å². The van der Waals surface area contributed by atoms with Crippen molar-refractivity contribution >= 4 is 16.7 Å². The molecule has 1 N–H and O–H groups in total. The number of hydrogen-bond acceptors (Lipinski definition) is 6. The molecule has 0 fully saturated rings. The zero-order valence-electron chi connectivity index (χ0n) is 16.3. The summed E-state index contributed by atoms with van der Waals surface area (Å²) in [6, 6.07) is 16.5. The molecule has 0 bridgehead atoms. The lowest BCUT2D eigenvalue weighted by Crippen LogP contribution is -2.39. The average molecular weight is 404 g/mol. The average Bonchev–Trinajstić information content (AvgIpc) is 3.30. The molecule has 1 amide bonds. The van der Waals surface area contributed by atoms with Crippen LogP contribution in [0, 0.1) is 0 Å². The van der Waals surface area contributed by atoms with E-state index in [-0.39, 0.29) is 24.6 Å². The van der Waals surface area contributed by atoms with Crippen molar-refractivity contribution < 1.29 is 9.53 Å². The van der Waals surface area contributed by atoms with Gasteiger partial charge in [-0.2, -0.15) is 5.10 Å². The number of amides is 1. The summed E-state index contributed by atoms with van der Waals surface area (Å²) in [6.45, 7) is 2.14. The number of carbonyl (C=O) groups excluding carboxylic acids is 1. The van der Waals surface area contributed by atoms with Crippen LogP contribution >= 0.6 is 0 Å². The minimum atomic E-state index is -0.693. The second-order valence-corrected chi connectivity index (χ2v) is 6.62. The molecule has 1 unspecified atom stereocenters. The van der Waals surface area contributed by atoms with Crippen molar-refractivity contribution in [3.8, 4) is 11.6 Å². The van der Waals surface area contributed by atoms with E-state index < -0.39 is 6.10 Å². The predicted molar refractivity (Wildman–Crippen MR) is 110 cm³/mol. The summed E-state index contributed by atoms with van der Waals surface area (Å²) in [5.41, 5.74) is -0.270. The smallest absolute Gasteiger partial charge is 0.266 e. The first-order valence-corrected chi connectivity index (χ1v) is 9.47. The summed E-state index contributed by atoms with van der Waals surface area (Å²) in [4.78, 5) is 28.3. The lowest BCUT2D eigenvalue weighted by atomic mass is 10.1. The SMILES string of the molecule is CC(Oc1cccc2ccccc12)C(=O)NCCn1nc(-n2cncn2)ccc1=O. The topological polar surface area (TPSA) is 104 Å². The van der Waals surface area contributed by atoms with Crippen LogP contribution in [0.3, 0.4) is 0 Å². The predicted octanol–water partition coefficient (Wildman–Crippen LogP) is 1.56. The fourth-order valence-corrected chi connectivity index (χ4v) is 3.02. The van der Waals surface area contributed by atoms with Crippen LogP contribution in [0.15, 0.2) is 72.0 Å². The van der Waals surface area contributed by atoms with Gasteiger partial charge in [0.05, 0.1) is 6.54 Å². The normalized spacial score (nSPS) is 11.9. The van der Waals surface area contributed by atoms with E-state index in [1.807, 2.05) is 42.5 Å². The lowest BCUT2D eigenvalue weighted by Gasteiger charge is -2.16. The highest BCUT2D eigenvalue weighted by molar-refractivity contribution is 5.89. The molecule has 152 valence electrons. The third-order valence-electron chi connectivity index (χ3n) is 4.55. The zero-order chi connectivity index (χ0) is 20.9. The molecule has 9 heteroatoms. The maximum absolute atomic E-state index is 12.4. The van der Waals surface area contributed by atoms with Gasteiger partial charge in [-0.1, -0.05) is 36.4 Å². The van der Waals surface area contributed by atoms with Gasteiger partial charge in [0.25, 0.3) is 11.5 Å². The lowest BCUT2D eigenvalue weighted by molar-refractivity contribution is -0.127. The standard InChI is InChI=1S/C21H20N6O3/c1-15(30-18-8-4-6-16-5-2-3-7-17(16)18)21(29)23-11-12-26-20(28)10-9-19(25-26)27-14-22-13-24-27/h2-10,13-15H,11-12H2,1H3,(H,23,29). The largest absolute Gasteiger partial charge is 0.480 e. The van der Waals surface area contributed by atoms with Crippen LogP contribution in [0.25, 0.3) is 16.6 Å². The molecule has 0 aliphatic carbocycles. The van der Waals surface area contributed by atoms with Crippen molar-refractivity contribution in [3.05, 3.63) is 77.6 Å². The summed E-state index contributed by atoms with van der Waals surface area (Å²) >= 11 is 0. The summed E-state index contributed by atoms with van der Waals surface area (Å²) < 4.78 is 8.59. The Hall–Kier alpha value is -4.01. The number of fused-ring (bicyclic) bond motifs is 1. The molecule has 30 heavy (non-hydrogen) atoms. The quantitative estimate of drug-likeness (QED) is 0.501. The summed E-state index contributed by atoms with van der Waals surface area (Å²) in [5.74, 6) is 0.837. The van der Waals surface area contributed by atoms with E-state index in [2.05, 4.69) is 20.5 Å². The summed E-state index contributed by atoms with van der Waals surface area (Å²) in [7, 11) is 0. The minimum absolute atomic E-state index is 0.216. The third-order valence-corrected chi connectivity index (χ3v) is 4.55. The fraction of sp³-hybridized carbons (Fsp3) is 0.190. The van der Waals surface area contributed by atoms with Crippen LogP contribution in [0.5, 0.6) is 5.75 Å². The number of carbonyl (C=O) groups is 1. The molecule has 2 aromatic heterocycles. The summed E-state index contributed by atoms with van der Waals surface area (Å²) in [6.07, 6.45) is 2.18. The van der Waals surface area contributed by atoms with Gasteiger partial charge in [-0.3, -0.25) is 9.59 Å². The molecule has 4 aromatic rings. The molecule has 0 aliphatic rings. The molecular weight excluding hydrogens is 384 g/mol. The Morgan fingerprint density at radius 3 is 2.80 bits per heavy atom. The highest BCUT2D eigenvalue weighted by atomic mass is 16.5. The Balaban J connectivity index is 1.37. The van der Waals surface area contributed by atoms with E-state index in [0.29, 0.717) is 11.6 Å². The first-order chi connectivity index (χ1) is 14.6. The molecule has 9 nitrogen and oxygen atoms in total. The van der Waals surface area contributed by atoms with E-state index >= 15 is 0 Å². The van der Waals surface area contributed by atoms with Gasteiger partial charge in [-0.15, -0.1) is 5.10 Å². The molecule has 0 saturated heterocycles. The van der Waals surface area contributed by atoms with Crippen LogP contribution in [0.2, 0.25) is 0 Å². The van der Waals surface area contributed by atoms with Crippen LogP contribution in [-0.4, -0.2) is 43.1 Å². The number of nitrogens with zero attached hydrogens (tertiary/aromatic N) is 5. The molecule has 1 atom stereocenters. The van der Waals surface area contributed by atoms with Gasteiger partial charge in [0.1, 0.15) is 18.4 Å². The highest BCUT2D eigenvalue weighted by Crippen LogP contribution is 2.25. The Morgan fingerprint density at radius 2 is 1.97 bits per heavy atom. The Labute approximate surface area is 171 Å². The third kappa shape index (κ3) is 4.19. The number of rotatable bonds is 7. The first-order valence-electron chi connectivity index (χ1n) is 9.47. The molecule has 4 rings (SSSR count). The van der Waals surface area contributed by atoms with Crippen LogP contribution < -0.4 is 15.6 Å². The highest BCUT2D eigenvalue weighted by Gasteiger charge is 2.15. The monoisotopic (exact) mass is 404 g/mol. The fourth-order valence-electron chi connectivity index (χ4n) is 3.02. The first kappa shape index (κ1) is 19.3. The molecule has 0 radical (unpaired) electrons. The minimum Gasteiger partial charge on any atom is -0.480 e. The van der Waals surface area contributed by atoms with Crippen molar-refractivity contribution in [3.63, 3.8) is 0 Å². The number of nitrogens with one attached hydrogen (secondary N) is 1. The second-order valence-electron chi connectivity index (χ2n) is 6.62. The Kier molecular flexibility index (Phi) is 5.51. The van der Waals surface area contributed by atoms with E-state index in [1.54, 1.807) is 13.0 Å². The van der Waals surface area contributed by atoms with E-state index in [4.69, 9.17) is 4.74 Å². The van der Waals surface area contributed by atoms with Gasteiger partial charge in [0, 0.05) is 18.0 Å². The van der Waals surface area contributed by atoms with Crippen LogP contribution in [0.4, 0.5) is 0 Å². The molecular formula is C21H20N6O3. The van der Waals surface area contributed by atoms with E-state index in [0.717, 1.165) is 10.8 Å². The molecule has 0 saturated carbocycles. The van der Waals surface area contributed by atoms with Gasteiger partial charge < -0.3 is 10.1 Å². The van der Waals surface area contributed by atoms with E-state index in [1.165, 1.54) is 28.1 Å².